The van der Waals surface area contributed by atoms with E-state index in [9.17, 15) is 5.11 Å². The van der Waals surface area contributed by atoms with Crippen molar-refractivity contribution in [3.05, 3.63) is 17.0 Å². The van der Waals surface area contributed by atoms with Crippen LogP contribution < -0.4 is 5.32 Å². The second-order valence-electron chi connectivity index (χ2n) is 4.40. The first-order valence-electron chi connectivity index (χ1n) is 5.85. The molecule has 0 saturated carbocycles. The van der Waals surface area contributed by atoms with E-state index in [0.29, 0.717) is 24.4 Å². The first-order chi connectivity index (χ1) is 8.20. The highest BCUT2D eigenvalue weighted by atomic mass is 32.2. The van der Waals surface area contributed by atoms with E-state index in [1.807, 2.05) is 23.1 Å². The number of aliphatic hydroxyl groups is 1. The van der Waals surface area contributed by atoms with Gasteiger partial charge in [-0.25, -0.2) is 0 Å². The number of ether oxygens (including phenoxy) is 1. The summed E-state index contributed by atoms with van der Waals surface area (Å²) in [6, 6.07) is 2.57. The summed E-state index contributed by atoms with van der Waals surface area (Å²) in [5.74, 6) is 0. The molecular weight excluding hydrogens is 254 g/mol. The molecule has 2 N–H and O–H groups in total. The number of aliphatic hydroxyl groups excluding tert-OH is 1. The molecule has 1 aliphatic rings. The highest BCUT2D eigenvalue weighted by molar-refractivity contribution is 8.01. The van der Waals surface area contributed by atoms with Crippen LogP contribution in [-0.4, -0.2) is 36.7 Å². The SMILES string of the molecule is COCC(O)CNC1C[C@H](C)Sc2sccc21. The molecule has 0 fully saturated rings. The van der Waals surface area contributed by atoms with Crippen LogP contribution in [0.1, 0.15) is 24.9 Å². The summed E-state index contributed by atoms with van der Waals surface area (Å²) in [6.07, 6.45) is 0.695. The zero-order valence-electron chi connectivity index (χ0n) is 10.2. The molecule has 3 nitrogen and oxygen atoms in total. The smallest absolute Gasteiger partial charge is 0.0897 e. The predicted molar refractivity (Wildman–Crippen MR) is 72.9 cm³/mol. The summed E-state index contributed by atoms with van der Waals surface area (Å²) in [7, 11) is 1.61. The lowest BCUT2D eigenvalue weighted by Crippen LogP contribution is -2.34. The molecule has 0 bridgehead atoms. The third-order valence-electron chi connectivity index (χ3n) is 2.87. The maximum Gasteiger partial charge on any atom is 0.0897 e. The second-order valence-corrected chi connectivity index (χ2v) is 7.02. The van der Waals surface area contributed by atoms with Crippen molar-refractivity contribution in [1.82, 2.24) is 5.32 Å². The topological polar surface area (TPSA) is 41.5 Å². The Morgan fingerprint density at radius 1 is 1.65 bits per heavy atom. The number of methoxy groups -OCH3 is 1. The van der Waals surface area contributed by atoms with Crippen LogP contribution in [-0.2, 0) is 4.74 Å². The molecule has 0 aliphatic carbocycles. The summed E-state index contributed by atoms with van der Waals surface area (Å²) in [5, 5.41) is 15.9. The number of thiophene rings is 1. The van der Waals surface area contributed by atoms with Crippen LogP contribution in [0.3, 0.4) is 0 Å². The van der Waals surface area contributed by atoms with E-state index in [2.05, 4.69) is 23.7 Å². The molecule has 0 aromatic carbocycles. The van der Waals surface area contributed by atoms with Crippen LogP contribution in [0.15, 0.2) is 15.7 Å². The number of hydrogen-bond acceptors (Lipinski definition) is 5. The first kappa shape index (κ1) is 13.4. The Bertz CT molecular complexity index is 356. The van der Waals surface area contributed by atoms with Gasteiger partial charge in [0.25, 0.3) is 0 Å². The van der Waals surface area contributed by atoms with Crippen LogP contribution in [0.25, 0.3) is 0 Å². The molecule has 2 heterocycles. The van der Waals surface area contributed by atoms with Crippen molar-refractivity contribution in [2.75, 3.05) is 20.3 Å². The lowest BCUT2D eigenvalue weighted by molar-refractivity contribution is 0.0624. The number of rotatable bonds is 5. The number of fused-ring (bicyclic) bond motifs is 1. The maximum absolute atomic E-state index is 9.65. The number of thioether (sulfide) groups is 1. The van der Waals surface area contributed by atoms with E-state index >= 15 is 0 Å². The second kappa shape index (κ2) is 6.20. The van der Waals surface area contributed by atoms with E-state index in [1.54, 1.807) is 7.11 Å². The molecule has 17 heavy (non-hydrogen) atoms. The highest BCUT2D eigenvalue weighted by Gasteiger charge is 2.26. The molecule has 0 radical (unpaired) electrons. The van der Waals surface area contributed by atoms with Gasteiger partial charge in [-0.3, -0.25) is 0 Å². The van der Waals surface area contributed by atoms with E-state index in [4.69, 9.17) is 4.74 Å². The Morgan fingerprint density at radius 3 is 3.24 bits per heavy atom. The quantitative estimate of drug-likeness (QED) is 0.863. The molecule has 1 aromatic heterocycles. The third kappa shape index (κ3) is 3.45. The van der Waals surface area contributed by atoms with Gasteiger partial charge < -0.3 is 15.2 Å². The molecular formula is C12H19NO2S2. The lowest BCUT2D eigenvalue weighted by atomic mass is 10.0. The summed E-state index contributed by atoms with van der Waals surface area (Å²) in [5.41, 5.74) is 1.39. The zero-order valence-corrected chi connectivity index (χ0v) is 11.8. The molecule has 0 amide bonds. The van der Waals surface area contributed by atoms with Gasteiger partial charge in [-0.15, -0.1) is 23.1 Å². The third-order valence-corrected chi connectivity index (χ3v) is 5.21. The summed E-state index contributed by atoms with van der Waals surface area (Å²) >= 11 is 3.77. The van der Waals surface area contributed by atoms with Gasteiger partial charge in [-0.2, -0.15) is 0 Å². The minimum atomic E-state index is -0.424. The molecule has 1 aromatic rings. The van der Waals surface area contributed by atoms with Crippen LogP contribution >= 0.6 is 23.1 Å². The van der Waals surface area contributed by atoms with Crippen LogP contribution in [0.4, 0.5) is 0 Å². The van der Waals surface area contributed by atoms with Crippen molar-refractivity contribution in [2.45, 2.75) is 34.9 Å². The molecule has 2 unspecified atom stereocenters. The molecule has 3 atom stereocenters. The van der Waals surface area contributed by atoms with E-state index < -0.39 is 6.10 Å². The summed E-state index contributed by atoms with van der Waals surface area (Å²) in [4.78, 5) is 0. The first-order valence-corrected chi connectivity index (χ1v) is 7.61. The van der Waals surface area contributed by atoms with Crippen molar-refractivity contribution >= 4 is 23.1 Å². The maximum atomic E-state index is 9.65. The fourth-order valence-electron chi connectivity index (χ4n) is 2.07. The van der Waals surface area contributed by atoms with E-state index in [1.165, 1.54) is 9.77 Å². The molecule has 1 aliphatic heterocycles. The average molecular weight is 273 g/mol. The normalized spacial score (nSPS) is 25.6. The van der Waals surface area contributed by atoms with Crippen molar-refractivity contribution < 1.29 is 9.84 Å². The van der Waals surface area contributed by atoms with Gasteiger partial charge >= 0.3 is 0 Å². The van der Waals surface area contributed by atoms with Gasteiger partial charge in [0.05, 0.1) is 16.9 Å². The van der Waals surface area contributed by atoms with E-state index in [0.717, 1.165) is 6.42 Å². The zero-order chi connectivity index (χ0) is 12.3. The van der Waals surface area contributed by atoms with Crippen LogP contribution in [0.2, 0.25) is 0 Å². The van der Waals surface area contributed by atoms with Gasteiger partial charge in [-0.05, 0) is 23.4 Å². The van der Waals surface area contributed by atoms with Gasteiger partial charge in [-0.1, -0.05) is 6.92 Å². The Morgan fingerprint density at radius 2 is 2.47 bits per heavy atom. The van der Waals surface area contributed by atoms with Gasteiger partial charge in [0.1, 0.15) is 0 Å². The number of nitrogens with one attached hydrogen (secondary N) is 1. The fourth-order valence-corrected chi connectivity index (χ4v) is 4.64. The van der Waals surface area contributed by atoms with Crippen molar-refractivity contribution in [1.29, 1.82) is 0 Å². The van der Waals surface area contributed by atoms with Crippen molar-refractivity contribution in [3.63, 3.8) is 0 Å². The Balaban J connectivity index is 1.93. The van der Waals surface area contributed by atoms with Gasteiger partial charge in [0.2, 0.25) is 0 Å². The Hall–Kier alpha value is -0.0700. The summed E-state index contributed by atoms with van der Waals surface area (Å²) < 4.78 is 6.35. The van der Waals surface area contributed by atoms with E-state index in [-0.39, 0.29) is 0 Å². The Labute approximate surface area is 111 Å². The molecule has 0 spiro atoms. The van der Waals surface area contributed by atoms with Gasteiger partial charge in [0.15, 0.2) is 0 Å². The molecule has 0 saturated heterocycles. The molecule has 5 heteroatoms. The Kier molecular flexibility index (Phi) is 4.87. The van der Waals surface area contributed by atoms with Crippen LogP contribution in [0, 0.1) is 0 Å². The predicted octanol–water partition coefficient (Wildman–Crippen LogP) is 2.27. The van der Waals surface area contributed by atoms with Gasteiger partial charge in [0, 0.05) is 24.9 Å². The highest BCUT2D eigenvalue weighted by Crippen LogP contribution is 2.43. The lowest BCUT2D eigenvalue weighted by Gasteiger charge is -2.28. The monoisotopic (exact) mass is 273 g/mol. The minimum absolute atomic E-state index is 0.374. The summed E-state index contributed by atoms with van der Waals surface area (Å²) in [6.45, 7) is 3.24. The largest absolute Gasteiger partial charge is 0.389 e. The minimum Gasteiger partial charge on any atom is -0.389 e. The van der Waals surface area contributed by atoms with Crippen molar-refractivity contribution in [2.24, 2.45) is 0 Å². The van der Waals surface area contributed by atoms with Crippen molar-refractivity contribution in [3.8, 4) is 0 Å². The van der Waals surface area contributed by atoms with Crippen LogP contribution in [0.5, 0.6) is 0 Å². The molecule has 96 valence electrons. The fraction of sp³-hybridized carbons (Fsp3) is 0.667. The standard InChI is InChI=1S/C12H19NO2S2/c1-8-5-11(13-6-9(14)7-15-2)10-3-4-16-12(10)17-8/h3-4,8-9,11,13-14H,5-7H2,1-2H3/t8-,9?,11?/m0/s1. The average Bonchev–Trinajstić information content (AvgIpc) is 2.74. The molecule has 2 rings (SSSR count). The number of hydrogen-bond donors (Lipinski definition) is 2.